The summed E-state index contributed by atoms with van der Waals surface area (Å²) in [6, 6.07) is 0. The molecule has 2 heterocycles. The van der Waals surface area contributed by atoms with Gasteiger partial charge in [0, 0.05) is 33.2 Å². The van der Waals surface area contributed by atoms with Gasteiger partial charge >= 0.3 is 0 Å². The van der Waals surface area contributed by atoms with Crippen LogP contribution in [0.25, 0.3) is 0 Å². The van der Waals surface area contributed by atoms with E-state index in [1.807, 2.05) is 11.7 Å². The summed E-state index contributed by atoms with van der Waals surface area (Å²) in [6.45, 7) is 7.12. The largest absolute Gasteiger partial charge is 0.394 e. The first-order valence-electron chi connectivity index (χ1n) is 6.60. The van der Waals surface area contributed by atoms with Gasteiger partial charge in [-0.15, -0.1) is 0 Å². The number of nitrogen functional groups attached to an aromatic ring is 1. The second-order valence-electron chi connectivity index (χ2n) is 5.46. The van der Waals surface area contributed by atoms with Gasteiger partial charge in [-0.3, -0.25) is 4.68 Å². The lowest BCUT2D eigenvalue weighted by Crippen LogP contribution is -2.24. The van der Waals surface area contributed by atoms with Gasteiger partial charge in [-0.05, 0) is 12.3 Å². The molecule has 1 aromatic rings. The molecule has 5 heteroatoms. The Morgan fingerprint density at radius 1 is 1.50 bits per heavy atom. The second-order valence-corrected chi connectivity index (χ2v) is 5.46. The fourth-order valence-electron chi connectivity index (χ4n) is 2.75. The Kier molecular flexibility index (Phi) is 3.80. The first-order chi connectivity index (χ1) is 8.54. The average Bonchev–Trinajstić information content (AvgIpc) is 2.84. The molecule has 18 heavy (non-hydrogen) atoms. The third-order valence-electron chi connectivity index (χ3n) is 3.62. The summed E-state index contributed by atoms with van der Waals surface area (Å²) in [5, 5.41) is 4.54. The van der Waals surface area contributed by atoms with Crippen molar-refractivity contribution in [3.8, 4) is 0 Å². The molecule has 1 saturated heterocycles. The highest BCUT2D eigenvalue weighted by atomic mass is 16.5. The summed E-state index contributed by atoms with van der Waals surface area (Å²) in [5.41, 5.74) is 8.09. The lowest BCUT2D eigenvalue weighted by atomic mass is 10.1. The summed E-state index contributed by atoms with van der Waals surface area (Å²) in [6.07, 6.45) is 1.16. The molecule has 1 unspecified atom stereocenters. The van der Waals surface area contributed by atoms with E-state index in [4.69, 9.17) is 10.5 Å². The van der Waals surface area contributed by atoms with Crippen LogP contribution in [0.1, 0.15) is 31.9 Å². The van der Waals surface area contributed by atoms with Crippen LogP contribution in [0.2, 0.25) is 0 Å². The number of hydrogen-bond acceptors (Lipinski definition) is 4. The second kappa shape index (κ2) is 5.18. The van der Waals surface area contributed by atoms with E-state index < -0.39 is 0 Å². The topological polar surface area (TPSA) is 56.3 Å². The Labute approximate surface area is 109 Å². The molecule has 2 N–H and O–H groups in total. The summed E-state index contributed by atoms with van der Waals surface area (Å²) in [5.74, 6) is 2.03. The molecule has 1 atom stereocenters. The summed E-state index contributed by atoms with van der Waals surface area (Å²) < 4.78 is 7.15. The highest BCUT2D eigenvalue weighted by molar-refractivity contribution is 5.67. The molecule has 0 bridgehead atoms. The van der Waals surface area contributed by atoms with E-state index in [-0.39, 0.29) is 0 Å². The minimum Gasteiger partial charge on any atom is -0.394 e. The van der Waals surface area contributed by atoms with E-state index in [1.54, 1.807) is 7.11 Å². The number of anilines is 2. The Balaban J connectivity index is 2.19. The van der Waals surface area contributed by atoms with Gasteiger partial charge in [0.25, 0.3) is 0 Å². The van der Waals surface area contributed by atoms with Crippen LogP contribution >= 0.6 is 0 Å². The van der Waals surface area contributed by atoms with E-state index in [2.05, 4.69) is 23.8 Å². The van der Waals surface area contributed by atoms with Crippen LogP contribution in [0.15, 0.2) is 0 Å². The summed E-state index contributed by atoms with van der Waals surface area (Å²) in [7, 11) is 3.74. The van der Waals surface area contributed by atoms with Crippen LogP contribution in [-0.4, -0.2) is 36.6 Å². The van der Waals surface area contributed by atoms with Crippen LogP contribution in [0.4, 0.5) is 11.5 Å². The molecular formula is C13H24N4O. The van der Waals surface area contributed by atoms with Crippen LogP contribution in [-0.2, 0) is 11.8 Å². The molecule has 0 amide bonds. The quantitative estimate of drug-likeness (QED) is 0.884. The lowest BCUT2D eigenvalue weighted by Gasteiger charge is -2.19. The number of nitrogens with two attached hydrogens (primary N) is 1. The van der Waals surface area contributed by atoms with Crippen LogP contribution in [0, 0.1) is 5.92 Å². The van der Waals surface area contributed by atoms with Crippen LogP contribution in [0.3, 0.4) is 0 Å². The SMILES string of the molecule is COCC1CCN(c2c(N)c(C(C)C)nn2C)C1. The number of ether oxygens (including phenoxy) is 1. The number of aryl methyl sites for hydroxylation is 1. The maximum atomic E-state index is 6.25. The molecule has 102 valence electrons. The monoisotopic (exact) mass is 252 g/mol. The van der Waals surface area contributed by atoms with Gasteiger partial charge in [-0.25, -0.2) is 0 Å². The Morgan fingerprint density at radius 2 is 2.22 bits per heavy atom. The van der Waals surface area contributed by atoms with Gasteiger partial charge in [0.15, 0.2) is 0 Å². The molecule has 1 aliphatic rings. The van der Waals surface area contributed by atoms with Crippen molar-refractivity contribution < 1.29 is 4.74 Å². The highest BCUT2D eigenvalue weighted by Gasteiger charge is 2.28. The van der Waals surface area contributed by atoms with Gasteiger partial charge in [0.1, 0.15) is 5.82 Å². The molecular weight excluding hydrogens is 228 g/mol. The Hall–Kier alpha value is -1.23. The van der Waals surface area contributed by atoms with E-state index in [9.17, 15) is 0 Å². The number of nitrogens with zero attached hydrogens (tertiary/aromatic N) is 3. The smallest absolute Gasteiger partial charge is 0.150 e. The van der Waals surface area contributed by atoms with Crippen molar-refractivity contribution in [1.29, 1.82) is 0 Å². The van der Waals surface area contributed by atoms with Crippen LogP contribution in [0.5, 0.6) is 0 Å². The highest BCUT2D eigenvalue weighted by Crippen LogP contribution is 2.33. The normalized spacial score (nSPS) is 20.1. The summed E-state index contributed by atoms with van der Waals surface area (Å²) in [4.78, 5) is 2.33. The predicted octanol–water partition coefficient (Wildman–Crippen LogP) is 1.60. The number of aromatic nitrogens is 2. The van der Waals surface area contributed by atoms with Crippen molar-refractivity contribution in [2.75, 3.05) is 37.4 Å². The first kappa shape index (κ1) is 13.2. The van der Waals surface area contributed by atoms with Crippen molar-refractivity contribution in [3.63, 3.8) is 0 Å². The molecule has 2 rings (SSSR count). The predicted molar refractivity (Wildman–Crippen MR) is 73.9 cm³/mol. The van der Waals surface area contributed by atoms with E-state index in [0.717, 1.165) is 43.3 Å². The van der Waals surface area contributed by atoms with Gasteiger partial charge in [-0.1, -0.05) is 13.8 Å². The lowest BCUT2D eigenvalue weighted by molar-refractivity contribution is 0.161. The standard InChI is InChI=1S/C13H24N4O/c1-9(2)12-11(14)13(16(3)15-12)17-6-5-10(7-17)8-18-4/h9-10H,5-8,14H2,1-4H3. The zero-order valence-electron chi connectivity index (χ0n) is 11.8. The molecule has 0 saturated carbocycles. The maximum Gasteiger partial charge on any atom is 0.150 e. The van der Waals surface area contributed by atoms with Crippen molar-refractivity contribution in [3.05, 3.63) is 5.69 Å². The maximum absolute atomic E-state index is 6.25. The molecule has 0 aliphatic carbocycles. The summed E-state index contributed by atoms with van der Waals surface area (Å²) >= 11 is 0. The molecule has 1 aromatic heterocycles. The fraction of sp³-hybridized carbons (Fsp3) is 0.769. The zero-order chi connectivity index (χ0) is 13.3. The number of methoxy groups -OCH3 is 1. The van der Waals surface area contributed by atoms with E-state index >= 15 is 0 Å². The molecule has 0 spiro atoms. The van der Waals surface area contributed by atoms with Crippen molar-refractivity contribution in [1.82, 2.24) is 9.78 Å². The number of hydrogen-bond donors (Lipinski definition) is 1. The third-order valence-corrected chi connectivity index (χ3v) is 3.62. The van der Waals surface area contributed by atoms with E-state index in [0.29, 0.717) is 11.8 Å². The van der Waals surface area contributed by atoms with Crippen LogP contribution < -0.4 is 10.6 Å². The van der Waals surface area contributed by atoms with Gasteiger partial charge < -0.3 is 15.4 Å². The van der Waals surface area contributed by atoms with Crippen molar-refractivity contribution in [2.24, 2.45) is 13.0 Å². The molecule has 5 nitrogen and oxygen atoms in total. The number of rotatable bonds is 4. The molecule has 1 fully saturated rings. The third kappa shape index (κ3) is 2.32. The zero-order valence-corrected chi connectivity index (χ0v) is 11.8. The Morgan fingerprint density at radius 3 is 2.78 bits per heavy atom. The fourth-order valence-corrected chi connectivity index (χ4v) is 2.75. The average molecular weight is 252 g/mol. The molecule has 0 aromatic carbocycles. The minimum absolute atomic E-state index is 0.363. The van der Waals surface area contributed by atoms with Crippen molar-refractivity contribution in [2.45, 2.75) is 26.2 Å². The van der Waals surface area contributed by atoms with E-state index in [1.165, 1.54) is 0 Å². The minimum atomic E-state index is 0.363. The van der Waals surface area contributed by atoms with Gasteiger partial charge in [0.05, 0.1) is 18.0 Å². The first-order valence-corrected chi connectivity index (χ1v) is 6.60. The van der Waals surface area contributed by atoms with Gasteiger partial charge in [0.2, 0.25) is 0 Å². The van der Waals surface area contributed by atoms with Gasteiger partial charge in [-0.2, -0.15) is 5.10 Å². The Bertz CT molecular complexity index is 413. The van der Waals surface area contributed by atoms with Crippen molar-refractivity contribution >= 4 is 11.5 Å². The molecule has 0 radical (unpaired) electrons. The molecule has 1 aliphatic heterocycles.